The zero-order valence-corrected chi connectivity index (χ0v) is 17.8. The maximum atomic E-state index is 12.6. The smallest absolute Gasteiger partial charge is 0.260 e. The molecule has 11 heteroatoms. The number of aromatic nitrogens is 3. The van der Waals surface area contributed by atoms with Crippen LogP contribution in [0.2, 0.25) is 0 Å². The summed E-state index contributed by atoms with van der Waals surface area (Å²) >= 11 is 0. The van der Waals surface area contributed by atoms with Crippen molar-refractivity contribution in [1.82, 2.24) is 24.4 Å². The molecule has 3 aromatic rings. The van der Waals surface area contributed by atoms with Crippen molar-refractivity contribution >= 4 is 15.9 Å². The number of carbonyl (C=O) groups excluding carboxylic acids is 1. The van der Waals surface area contributed by atoms with E-state index in [2.05, 4.69) is 15.2 Å². The quantitative estimate of drug-likeness (QED) is 0.585. The van der Waals surface area contributed by atoms with Crippen molar-refractivity contribution < 1.29 is 22.4 Å². The van der Waals surface area contributed by atoms with E-state index in [0.717, 1.165) is 11.3 Å². The fraction of sp³-hybridized carbons (Fsp3) is 0.350. The number of amides is 1. The summed E-state index contributed by atoms with van der Waals surface area (Å²) in [6.45, 7) is 1.17. The minimum absolute atomic E-state index is 0.0530. The van der Waals surface area contributed by atoms with Gasteiger partial charge in [-0.2, -0.15) is 9.40 Å². The van der Waals surface area contributed by atoms with Crippen LogP contribution in [0.1, 0.15) is 12.3 Å². The van der Waals surface area contributed by atoms with Crippen molar-refractivity contribution in [2.24, 2.45) is 0 Å². The molecule has 0 aliphatic carbocycles. The maximum Gasteiger partial charge on any atom is 0.260 e. The molecule has 4 rings (SSSR count). The van der Waals surface area contributed by atoms with Crippen LogP contribution < -0.4 is 4.74 Å². The Labute approximate surface area is 179 Å². The van der Waals surface area contributed by atoms with Gasteiger partial charge in [-0.1, -0.05) is 0 Å². The van der Waals surface area contributed by atoms with Crippen molar-refractivity contribution in [3.05, 3.63) is 48.6 Å². The number of aryl methyl sites for hydroxylation is 1. The van der Waals surface area contributed by atoms with Gasteiger partial charge < -0.3 is 14.1 Å². The van der Waals surface area contributed by atoms with Crippen LogP contribution in [0.4, 0.5) is 0 Å². The molecule has 2 aromatic heterocycles. The predicted molar refractivity (Wildman–Crippen MR) is 111 cm³/mol. The summed E-state index contributed by atoms with van der Waals surface area (Å²) in [6, 6.07) is 8.86. The van der Waals surface area contributed by atoms with Gasteiger partial charge in [0.2, 0.25) is 5.91 Å². The Bertz CT molecular complexity index is 1120. The van der Waals surface area contributed by atoms with Crippen LogP contribution in [-0.2, 0) is 21.2 Å². The number of hydrogen-bond donors (Lipinski definition) is 1. The number of hydrogen-bond acceptors (Lipinski definition) is 7. The van der Waals surface area contributed by atoms with Crippen LogP contribution in [0.15, 0.2) is 52.2 Å². The first-order valence-corrected chi connectivity index (χ1v) is 11.3. The normalized spacial score (nSPS) is 15.2. The molecule has 1 aromatic carbocycles. The summed E-state index contributed by atoms with van der Waals surface area (Å²) in [5.74, 6) is 1.82. The molecule has 1 fully saturated rings. The van der Waals surface area contributed by atoms with Crippen LogP contribution in [0.3, 0.4) is 0 Å². The number of methoxy groups -OCH3 is 1. The van der Waals surface area contributed by atoms with E-state index in [4.69, 9.17) is 9.15 Å². The topological polar surface area (TPSA) is 122 Å². The Kier molecular flexibility index (Phi) is 6.05. The number of carbonyl (C=O) groups is 1. The average molecular weight is 446 g/mol. The second-order valence-electron chi connectivity index (χ2n) is 7.05. The Balaban J connectivity index is 1.28. The number of H-pyrrole nitrogens is 1. The SMILES string of the molecule is COc1ccc(-c2cnc(CCC(=O)N3CCN(S(=O)(=O)c4ccn[nH]4)CC3)o2)cc1. The molecule has 1 saturated heterocycles. The van der Waals surface area contributed by atoms with E-state index in [1.54, 1.807) is 18.2 Å². The molecule has 1 amide bonds. The minimum atomic E-state index is -3.61. The van der Waals surface area contributed by atoms with Crippen LogP contribution in [0.25, 0.3) is 11.3 Å². The number of aromatic amines is 1. The highest BCUT2D eigenvalue weighted by molar-refractivity contribution is 7.89. The third-order valence-electron chi connectivity index (χ3n) is 5.17. The van der Waals surface area contributed by atoms with Crippen LogP contribution in [-0.4, -0.2) is 72.0 Å². The first-order valence-electron chi connectivity index (χ1n) is 9.84. The highest BCUT2D eigenvalue weighted by Crippen LogP contribution is 2.23. The van der Waals surface area contributed by atoms with E-state index >= 15 is 0 Å². The lowest BCUT2D eigenvalue weighted by atomic mass is 10.2. The molecule has 1 N–H and O–H groups in total. The molecule has 1 aliphatic heterocycles. The van der Waals surface area contributed by atoms with Gasteiger partial charge in [0.05, 0.1) is 19.5 Å². The first kappa shape index (κ1) is 21.1. The summed E-state index contributed by atoms with van der Waals surface area (Å²) in [5, 5.41) is 6.23. The molecule has 0 bridgehead atoms. The van der Waals surface area contributed by atoms with Crippen molar-refractivity contribution in [1.29, 1.82) is 0 Å². The molecule has 3 heterocycles. The molecule has 0 saturated carbocycles. The summed E-state index contributed by atoms with van der Waals surface area (Å²) in [4.78, 5) is 18.5. The zero-order valence-electron chi connectivity index (χ0n) is 17.0. The number of nitrogens with zero attached hydrogens (tertiary/aromatic N) is 4. The van der Waals surface area contributed by atoms with Gasteiger partial charge in [-0.3, -0.25) is 9.89 Å². The van der Waals surface area contributed by atoms with Gasteiger partial charge in [0.15, 0.2) is 16.7 Å². The van der Waals surface area contributed by atoms with Gasteiger partial charge in [-0.15, -0.1) is 0 Å². The first-order chi connectivity index (χ1) is 15.0. The van der Waals surface area contributed by atoms with Crippen molar-refractivity contribution in [2.75, 3.05) is 33.3 Å². The molecule has 1 aliphatic rings. The van der Waals surface area contributed by atoms with E-state index in [1.165, 1.54) is 16.6 Å². The largest absolute Gasteiger partial charge is 0.497 e. The Morgan fingerprint density at radius 2 is 1.90 bits per heavy atom. The lowest BCUT2D eigenvalue weighted by molar-refractivity contribution is -0.132. The second-order valence-corrected chi connectivity index (χ2v) is 8.96. The van der Waals surface area contributed by atoms with E-state index in [0.29, 0.717) is 31.2 Å². The number of benzene rings is 1. The minimum Gasteiger partial charge on any atom is -0.497 e. The van der Waals surface area contributed by atoms with E-state index < -0.39 is 10.0 Å². The second kappa shape index (κ2) is 8.90. The number of rotatable bonds is 7. The molecule has 0 radical (unpaired) electrons. The summed E-state index contributed by atoms with van der Waals surface area (Å²) in [6.07, 6.45) is 3.66. The van der Waals surface area contributed by atoms with Crippen molar-refractivity contribution in [3.8, 4) is 17.1 Å². The van der Waals surface area contributed by atoms with Crippen LogP contribution in [0, 0.1) is 0 Å². The fourth-order valence-electron chi connectivity index (χ4n) is 3.39. The van der Waals surface area contributed by atoms with Crippen LogP contribution in [0.5, 0.6) is 5.75 Å². The molecule has 31 heavy (non-hydrogen) atoms. The van der Waals surface area contributed by atoms with Gasteiger partial charge >= 0.3 is 0 Å². The monoisotopic (exact) mass is 445 g/mol. The van der Waals surface area contributed by atoms with Crippen molar-refractivity contribution in [3.63, 3.8) is 0 Å². The number of oxazole rings is 1. The van der Waals surface area contributed by atoms with E-state index in [1.807, 2.05) is 24.3 Å². The van der Waals surface area contributed by atoms with Crippen LogP contribution >= 0.6 is 0 Å². The standard InChI is InChI=1S/C20H23N5O5S/c1-29-16-4-2-15(3-5-16)17-14-21-18(30-17)6-7-20(26)24-10-12-25(13-11-24)31(27,28)19-8-9-22-23-19/h2-5,8-9,14H,6-7,10-13H2,1H3,(H,22,23). The summed E-state index contributed by atoms with van der Waals surface area (Å²) in [5.41, 5.74) is 0.875. The third kappa shape index (κ3) is 4.62. The molecular weight excluding hydrogens is 422 g/mol. The predicted octanol–water partition coefficient (Wildman–Crippen LogP) is 1.54. The van der Waals surface area contributed by atoms with Gasteiger partial charge in [-0.25, -0.2) is 13.4 Å². The molecular formula is C20H23N5O5S. The highest BCUT2D eigenvalue weighted by atomic mass is 32.2. The Morgan fingerprint density at radius 1 is 1.16 bits per heavy atom. The van der Waals surface area contributed by atoms with E-state index in [9.17, 15) is 13.2 Å². The fourth-order valence-corrected chi connectivity index (χ4v) is 4.71. The van der Waals surface area contributed by atoms with E-state index in [-0.39, 0.29) is 30.4 Å². The molecule has 0 spiro atoms. The third-order valence-corrected chi connectivity index (χ3v) is 6.99. The maximum absolute atomic E-state index is 12.6. The van der Waals surface area contributed by atoms with Gasteiger partial charge in [-0.05, 0) is 30.3 Å². The van der Waals surface area contributed by atoms with Gasteiger partial charge in [0.1, 0.15) is 5.75 Å². The molecule has 0 atom stereocenters. The number of ether oxygens (including phenoxy) is 1. The average Bonchev–Trinajstić information content (AvgIpc) is 3.50. The Morgan fingerprint density at radius 3 is 2.55 bits per heavy atom. The van der Waals surface area contributed by atoms with Gasteiger partial charge in [0.25, 0.3) is 10.0 Å². The van der Waals surface area contributed by atoms with Crippen molar-refractivity contribution in [2.45, 2.75) is 17.9 Å². The number of sulfonamides is 1. The van der Waals surface area contributed by atoms with Gasteiger partial charge in [0, 0.05) is 44.6 Å². The Hall–Kier alpha value is -3.18. The lowest BCUT2D eigenvalue weighted by Gasteiger charge is -2.33. The number of piperazine rings is 1. The summed E-state index contributed by atoms with van der Waals surface area (Å²) in [7, 11) is -2.00. The summed E-state index contributed by atoms with van der Waals surface area (Å²) < 4.78 is 37.3. The number of nitrogens with one attached hydrogen (secondary N) is 1. The molecule has 0 unspecified atom stereocenters. The highest BCUT2D eigenvalue weighted by Gasteiger charge is 2.30. The zero-order chi connectivity index (χ0) is 21.8. The molecule has 10 nitrogen and oxygen atoms in total. The molecule has 164 valence electrons. The lowest BCUT2D eigenvalue weighted by Crippen LogP contribution is -2.50.